The Bertz CT molecular complexity index is 693. The quantitative estimate of drug-likeness (QED) is 0.374. The Hall–Kier alpha value is -1.13. The minimum Gasteiger partial charge on any atom is -0.477 e. The van der Waals surface area contributed by atoms with Crippen molar-refractivity contribution in [3.8, 4) is 0 Å². The summed E-state index contributed by atoms with van der Waals surface area (Å²) in [5.74, 6) is -1.78. The Morgan fingerprint density at radius 2 is 2.07 bits per heavy atom. The predicted molar refractivity (Wildman–Crippen MR) is 104 cm³/mol. The number of nitrogens with zero attached hydrogens (tertiary/aromatic N) is 1. The van der Waals surface area contributed by atoms with Crippen LogP contribution in [-0.2, 0) is 9.59 Å². The zero-order valence-corrected chi connectivity index (χ0v) is 17.0. The first kappa shape index (κ1) is 20.2. The van der Waals surface area contributed by atoms with Crippen molar-refractivity contribution in [3.05, 3.63) is 10.6 Å². The van der Waals surface area contributed by atoms with Gasteiger partial charge in [0, 0.05) is 41.1 Å². The van der Waals surface area contributed by atoms with E-state index in [0.29, 0.717) is 6.54 Å². The summed E-state index contributed by atoms with van der Waals surface area (Å²) in [5, 5.41) is 37.2. The SMILES string of the molecule is CC1C(S[C@@H]2CN[C@H]([C@H](O)[C@@H]3CCNC3)C2)=C(C(=O)O)N2C(=O)[C@H]([C@@H](C)O)[C@@H]12. The number of hydrogen-bond acceptors (Lipinski definition) is 7. The maximum absolute atomic E-state index is 12.4. The van der Waals surface area contributed by atoms with Gasteiger partial charge in [-0.3, -0.25) is 4.79 Å². The normalized spacial score (nSPS) is 39.9. The minimum atomic E-state index is -1.09. The topological polar surface area (TPSA) is 122 Å². The van der Waals surface area contributed by atoms with Gasteiger partial charge in [0.2, 0.25) is 5.91 Å². The highest BCUT2D eigenvalue weighted by molar-refractivity contribution is 8.03. The van der Waals surface area contributed by atoms with E-state index in [-0.39, 0.29) is 40.8 Å². The second-order valence-corrected chi connectivity index (χ2v) is 9.85. The highest BCUT2D eigenvalue weighted by Gasteiger charge is 2.60. The molecule has 1 unspecified atom stereocenters. The first-order valence-corrected chi connectivity index (χ1v) is 11.0. The van der Waals surface area contributed by atoms with Gasteiger partial charge < -0.3 is 30.9 Å². The number of hydrogen-bond donors (Lipinski definition) is 5. The van der Waals surface area contributed by atoms with E-state index in [2.05, 4.69) is 10.6 Å². The summed E-state index contributed by atoms with van der Waals surface area (Å²) >= 11 is 1.52. The lowest BCUT2D eigenvalue weighted by Gasteiger charge is -2.46. The summed E-state index contributed by atoms with van der Waals surface area (Å²) in [6, 6.07) is -0.265. The lowest BCUT2D eigenvalue weighted by molar-refractivity contribution is -0.163. The molecular formula is C19H29N3O5S. The molecule has 0 spiro atoms. The molecule has 4 aliphatic rings. The molecule has 1 amide bonds. The second kappa shape index (κ2) is 7.60. The van der Waals surface area contributed by atoms with Gasteiger partial charge in [-0.2, -0.15) is 0 Å². The molecule has 5 N–H and O–H groups in total. The molecule has 156 valence electrons. The van der Waals surface area contributed by atoms with Crippen molar-refractivity contribution in [2.24, 2.45) is 17.8 Å². The Morgan fingerprint density at radius 1 is 1.32 bits per heavy atom. The lowest BCUT2D eigenvalue weighted by atomic mass is 9.79. The van der Waals surface area contributed by atoms with E-state index >= 15 is 0 Å². The molecular weight excluding hydrogens is 382 g/mol. The monoisotopic (exact) mass is 411 g/mol. The zero-order valence-electron chi connectivity index (χ0n) is 16.2. The fraction of sp³-hybridized carbons (Fsp3) is 0.789. The van der Waals surface area contributed by atoms with Gasteiger partial charge in [-0.25, -0.2) is 4.79 Å². The number of carboxylic acids is 1. The van der Waals surface area contributed by atoms with Crippen LogP contribution in [0.25, 0.3) is 0 Å². The molecule has 4 heterocycles. The van der Waals surface area contributed by atoms with Crippen LogP contribution in [0.15, 0.2) is 10.6 Å². The molecule has 0 aromatic carbocycles. The molecule has 9 heteroatoms. The number of nitrogens with one attached hydrogen (secondary N) is 2. The van der Waals surface area contributed by atoms with Gasteiger partial charge in [-0.1, -0.05) is 6.92 Å². The minimum absolute atomic E-state index is 0.0110. The van der Waals surface area contributed by atoms with Crippen molar-refractivity contribution >= 4 is 23.6 Å². The zero-order chi connectivity index (χ0) is 20.2. The maximum atomic E-state index is 12.4. The summed E-state index contributed by atoms with van der Waals surface area (Å²) in [5.41, 5.74) is 0.0772. The summed E-state index contributed by atoms with van der Waals surface area (Å²) in [6.07, 6.45) is 0.547. The van der Waals surface area contributed by atoms with Crippen molar-refractivity contribution in [1.29, 1.82) is 0 Å². The summed E-state index contributed by atoms with van der Waals surface area (Å²) in [7, 11) is 0. The van der Waals surface area contributed by atoms with Crippen LogP contribution >= 0.6 is 11.8 Å². The molecule has 0 aromatic heterocycles. The molecule has 8 atom stereocenters. The average molecular weight is 412 g/mol. The van der Waals surface area contributed by atoms with E-state index in [9.17, 15) is 24.9 Å². The van der Waals surface area contributed by atoms with Crippen LogP contribution in [0.5, 0.6) is 0 Å². The fourth-order valence-corrected chi connectivity index (χ4v) is 6.73. The fourth-order valence-electron chi connectivity index (χ4n) is 5.24. The number of fused-ring (bicyclic) bond motifs is 1. The number of carboxylic acid groups (broad SMARTS) is 1. The third-order valence-electron chi connectivity index (χ3n) is 6.72. The van der Waals surface area contributed by atoms with E-state index in [0.717, 1.165) is 30.8 Å². The van der Waals surface area contributed by atoms with Gasteiger partial charge in [0.1, 0.15) is 5.70 Å². The largest absolute Gasteiger partial charge is 0.477 e. The molecule has 0 saturated carbocycles. The molecule has 8 nitrogen and oxygen atoms in total. The van der Waals surface area contributed by atoms with E-state index in [4.69, 9.17) is 0 Å². The molecule has 28 heavy (non-hydrogen) atoms. The number of aliphatic hydroxyl groups excluding tert-OH is 2. The van der Waals surface area contributed by atoms with E-state index in [1.807, 2.05) is 6.92 Å². The van der Waals surface area contributed by atoms with Crippen molar-refractivity contribution in [1.82, 2.24) is 15.5 Å². The van der Waals surface area contributed by atoms with Gasteiger partial charge in [0.15, 0.2) is 0 Å². The summed E-state index contributed by atoms with van der Waals surface area (Å²) in [4.78, 5) is 26.4. The third-order valence-corrected chi connectivity index (χ3v) is 8.23. The van der Waals surface area contributed by atoms with Crippen LogP contribution in [0.1, 0.15) is 26.7 Å². The van der Waals surface area contributed by atoms with E-state index in [1.165, 1.54) is 16.7 Å². The highest BCUT2D eigenvalue weighted by Crippen LogP contribution is 2.51. The first-order chi connectivity index (χ1) is 13.3. The third kappa shape index (κ3) is 3.17. The van der Waals surface area contributed by atoms with Gasteiger partial charge in [-0.05, 0) is 26.3 Å². The molecule has 3 saturated heterocycles. The number of aliphatic carboxylic acids is 1. The Kier molecular flexibility index (Phi) is 5.47. The Labute approximate surface area is 168 Å². The van der Waals surface area contributed by atoms with Crippen LogP contribution in [-0.4, -0.2) is 81.3 Å². The molecule has 0 radical (unpaired) electrons. The van der Waals surface area contributed by atoms with Crippen molar-refractivity contribution < 1.29 is 24.9 Å². The van der Waals surface area contributed by atoms with Crippen molar-refractivity contribution in [2.75, 3.05) is 19.6 Å². The first-order valence-electron chi connectivity index (χ1n) is 10.1. The number of rotatable bonds is 6. The van der Waals surface area contributed by atoms with Crippen LogP contribution < -0.4 is 10.6 Å². The number of aliphatic hydroxyl groups is 2. The molecule has 4 aliphatic heterocycles. The maximum Gasteiger partial charge on any atom is 0.353 e. The van der Waals surface area contributed by atoms with Crippen molar-refractivity contribution in [3.63, 3.8) is 0 Å². The highest BCUT2D eigenvalue weighted by atomic mass is 32.2. The van der Waals surface area contributed by atoms with E-state index < -0.39 is 24.1 Å². The van der Waals surface area contributed by atoms with Gasteiger partial charge in [0.05, 0.1) is 24.2 Å². The number of β-lactam (4-membered cyclic amide) rings is 1. The van der Waals surface area contributed by atoms with Crippen molar-refractivity contribution in [2.45, 2.75) is 56.2 Å². The lowest BCUT2D eigenvalue weighted by Crippen LogP contribution is -2.63. The van der Waals surface area contributed by atoms with Crippen LogP contribution in [0.3, 0.4) is 0 Å². The smallest absolute Gasteiger partial charge is 0.353 e. The van der Waals surface area contributed by atoms with Gasteiger partial charge >= 0.3 is 5.97 Å². The van der Waals surface area contributed by atoms with Crippen LogP contribution in [0, 0.1) is 17.8 Å². The second-order valence-electron chi connectivity index (χ2n) is 8.51. The average Bonchev–Trinajstić information content (AvgIpc) is 3.35. The number of thioether (sulfide) groups is 1. The summed E-state index contributed by atoms with van der Waals surface area (Å²) < 4.78 is 0. The molecule has 0 aromatic rings. The van der Waals surface area contributed by atoms with Crippen LogP contribution in [0.2, 0.25) is 0 Å². The number of carbonyl (C=O) groups excluding carboxylic acids is 1. The molecule has 4 rings (SSSR count). The van der Waals surface area contributed by atoms with Gasteiger partial charge in [0.25, 0.3) is 0 Å². The summed E-state index contributed by atoms with van der Waals surface area (Å²) in [6.45, 7) is 6.00. The predicted octanol–water partition coefficient (Wildman–Crippen LogP) is -0.426. The standard InChI is InChI=1S/C19H29N3O5S/c1-8-14-13(9(2)23)18(25)22(14)15(19(26)27)17(8)28-11-5-12(21-7-11)16(24)10-3-4-20-6-10/h8-14,16,20-21,23-24H,3-7H2,1-2H3,(H,26,27)/t8?,9-,10-,11+,12+,13-,14-,16-/m1/s1. The molecule has 0 bridgehead atoms. The Balaban J connectivity index is 1.47. The van der Waals surface area contributed by atoms with E-state index in [1.54, 1.807) is 6.92 Å². The van der Waals surface area contributed by atoms with Gasteiger partial charge in [-0.15, -0.1) is 11.8 Å². The molecule has 0 aliphatic carbocycles. The Morgan fingerprint density at radius 3 is 2.68 bits per heavy atom. The number of amides is 1. The number of carbonyl (C=O) groups is 2. The van der Waals surface area contributed by atoms with Crippen LogP contribution in [0.4, 0.5) is 0 Å². The molecule has 3 fully saturated rings.